The average Bonchev–Trinajstić information content (AvgIpc) is 3.68. The van der Waals surface area contributed by atoms with Crippen LogP contribution in [0.15, 0.2) is 240 Å². The molecule has 11 aromatic carbocycles. The number of hydrogen-bond acceptors (Lipinski definition) is 2. The van der Waals surface area contributed by atoms with Crippen LogP contribution in [0.25, 0.3) is 70.9 Å². The highest BCUT2D eigenvalue weighted by Crippen LogP contribution is 2.62. The van der Waals surface area contributed by atoms with E-state index in [0.29, 0.717) is 0 Å². The second kappa shape index (κ2) is 13.6. The molecule has 3 heteroatoms. The maximum Gasteiger partial charge on any atom is 0.0736 e. The molecule has 0 saturated carbocycles. The van der Waals surface area contributed by atoms with E-state index in [2.05, 4.69) is 240 Å². The first kappa shape index (κ1) is 35.7. The van der Waals surface area contributed by atoms with Crippen molar-refractivity contribution in [2.45, 2.75) is 15.2 Å². The van der Waals surface area contributed by atoms with Crippen LogP contribution in [-0.2, 0) is 5.41 Å². The molecule has 1 aromatic heterocycles. The van der Waals surface area contributed by atoms with E-state index in [0.717, 1.165) is 17.1 Å². The van der Waals surface area contributed by atoms with E-state index in [1.807, 2.05) is 11.8 Å². The summed E-state index contributed by atoms with van der Waals surface area (Å²) in [5.41, 5.74) is 14.2. The molecule has 2 nitrogen and oxygen atoms in total. The van der Waals surface area contributed by atoms with E-state index in [9.17, 15) is 0 Å². The van der Waals surface area contributed by atoms with Crippen molar-refractivity contribution in [3.8, 4) is 16.8 Å². The maximum absolute atomic E-state index is 2.53. The Morgan fingerprint density at radius 3 is 1.73 bits per heavy atom. The molecule has 2 aliphatic rings. The first-order valence-electron chi connectivity index (χ1n) is 22.1. The Kier molecular flexibility index (Phi) is 7.57. The van der Waals surface area contributed by atoms with Gasteiger partial charge in [-0.1, -0.05) is 188 Å². The lowest BCUT2D eigenvalue weighted by molar-refractivity contribution is 0.707. The number of rotatable bonds is 4. The first-order valence-corrected chi connectivity index (χ1v) is 22.9. The van der Waals surface area contributed by atoms with Crippen molar-refractivity contribution < 1.29 is 0 Å². The highest BCUT2D eigenvalue weighted by atomic mass is 32.2. The van der Waals surface area contributed by atoms with Gasteiger partial charge in [0.2, 0.25) is 0 Å². The molecule has 12 aromatic rings. The first-order chi connectivity index (χ1) is 31.8. The van der Waals surface area contributed by atoms with E-state index in [1.165, 1.54) is 103 Å². The number of anilines is 3. The molecule has 0 unspecified atom stereocenters. The van der Waals surface area contributed by atoms with Crippen LogP contribution in [0.1, 0.15) is 22.3 Å². The van der Waals surface area contributed by atoms with Crippen LogP contribution >= 0.6 is 11.8 Å². The minimum absolute atomic E-state index is 0.563. The highest BCUT2D eigenvalue weighted by molar-refractivity contribution is 7.99. The molecular weight excluding hydrogens is 793 g/mol. The maximum atomic E-state index is 2.53. The van der Waals surface area contributed by atoms with Gasteiger partial charge in [-0.2, -0.15) is 0 Å². The second-order valence-electron chi connectivity index (χ2n) is 17.2. The minimum Gasteiger partial charge on any atom is -0.310 e. The van der Waals surface area contributed by atoms with Crippen molar-refractivity contribution in [3.05, 3.63) is 253 Å². The Bertz CT molecular complexity index is 3850. The van der Waals surface area contributed by atoms with E-state index < -0.39 is 5.41 Å². The summed E-state index contributed by atoms with van der Waals surface area (Å²) in [4.78, 5) is 5.11. The third-order valence-corrected chi connectivity index (χ3v) is 15.1. The summed E-state index contributed by atoms with van der Waals surface area (Å²) >= 11 is 1.89. The van der Waals surface area contributed by atoms with Crippen molar-refractivity contribution in [2.75, 3.05) is 4.90 Å². The van der Waals surface area contributed by atoms with Gasteiger partial charge in [-0.25, -0.2) is 0 Å². The fourth-order valence-electron chi connectivity index (χ4n) is 11.4. The Labute approximate surface area is 375 Å². The Morgan fingerprint density at radius 2 is 0.922 bits per heavy atom. The Hall–Kier alpha value is -7.85. The molecule has 64 heavy (non-hydrogen) atoms. The quantitative estimate of drug-likeness (QED) is 0.175. The summed E-state index contributed by atoms with van der Waals surface area (Å²) in [5, 5.41) is 9.93. The van der Waals surface area contributed by atoms with Crippen LogP contribution in [-0.4, -0.2) is 4.57 Å². The topological polar surface area (TPSA) is 8.17 Å². The van der Waals surface area contributed by atoms with Crippen LogP contribution < -0.4 is 4.90 Å². The lowest BCUT2D eigenvalue weighted by Crippen LogP contribution is -2.36. The number of fused-ring (bicyclic) bond motifs is 13. The van der Waals surface area contributed by atoms with E-state index in [-0.39, 0.29) is 0 Å². The normalized spacial score (nSPS) is 13.4. The molecular formula is C61H38N2S. The van der Waals surface area contributed by atoms with Gasteiger partial charge in [0, 0.05) is 42.7 Å². The molecule has 0 fully saturated rings. The summed E-state index contributed by atoms with van der Waals surface area (Å²) in [5.74, 6) is 0. The summed E-state index contributed by atoms with van der Waals surface area (Å²) in [6.45, 7) is 0. The number of para-hydroxylation sites is 1. The fraction of sp³-hybridized carbons (Fsp3) is 0.0164. The SMILES string of the molecule is c1ccc2c(c1)Sc1ccccc1C21c2cc(N(c3ccc4c5ccccc5n(-c5cccc6ccccc56)c4c3)c3cccc4ccccc34)ccc2-c2cccc3cccc1c23. The van der Waals surface area contributed by atoms with Crippen molar-refractivity contribution in [1.82, 2.24) is 4.57 Å². The molecule has 0 saturated heterocycles. The van der Waals surface area contributed by atoms with Gasteiger partial charge >= 0.3 is 0 Å². The molecule has 0 radical (unpaired) electrons. The molecule has 0 bridgehead atoms. The van der Waals surface area contributed by atoms with Gasteiger partial charge in [0.25, 0.3) is 0 Å². The number of hydrogen-bond donors (Lipinski definition) is 0. The molecule has 1 aliphatic heterocycles. The third-order valence-electron chi connectivity index (χ3n) is 14.0. The van der Waals surface area contributed by atoms with Crippen molar-refractivity contribution in [1.29, 1.82) is 0 Å². The van der Waals surface area contributed by atoms with Gasteiger partial charge in [0.1, 0.15) is 0 Å². The van der Waals surface area contributed by atoms with Crippen molar-refractivity contribution in [3.63, 3.8) is 0 Å². The van der Waals surface area contributed by atoms with Crippen LogP contribution in [0, 0.1) is 0 Å². The highest BCUT2D eigenvalue weighted by Gasteiger charge is 2.48. The fourth-order valence-corrected chi connectivity index (χ4v) is 12.6. The van der Waals surface area contributed by atoms with Crippen LogP contribution in [0.3, 0.4) is 0 Å². The van der Waals surface area contributed by atoms with Crippen LogP contribution in [0.5, 0.6) is 0 Å². The Balaban J connectivity index is 1.10. The lowest BCUT2D eigenvalue weighted by Gasteiger charge is -2.46. The Morgan fingerprint density at radius 1 is 0.359 bits per heavy atom. The lowest BCUT2D eigenvalue weighted by atomic mass is 9.59. The standard InChI is InChI=1S/C61H38N2S/c1-3-21-44-39(15-1)17-13-29-54(44)62(43-34-36-48-47-23-5-8-28-56(47)63(57(48)38-43)55-30-14-18-40-16-2-4-22-45(40)55)42-33-35-46-49-24-11-19-41-20-12-27-52(60(41)49)61(53(46)37-42)50-25-6-9-31-58(50)64-59-32-10-7-26-51(59)61/h1-38H. The summed E-state index contributed by atoms with van der Waals surface area (Å²) in [6, 6.07) is 86.2. The van der Waals surface area contributed by atoms with Gasteiger partial charge in [-0.3, -0.25) is 0 Å². The predicted molar refractivity (Wildman–Crippen MR) is 269 cm³/mol. The van der Waals surface area contributed by atoms with Gasteiger partial charge < -0.3 is 9.47 Å². The van der Waals surface area contributed by atoms with Crippen LogP contribution in [0.2, 0.25) is 0 Å². The minimum atomic E-state index is -0.563. The monoisotopic (exact) mass is 830 g/mol. The van der Waals surface area contributed by atoms with Crippen LogP contribution in [0.4, 0.5) is 17.1 Å². The van der Waals surface area contributed by atoms with Crippen molar-refractivity contribution in [2.24, 2.45) is 0 Å². The van der Waals surface area contributed by atoms with E-state index in [4.69, 9.17) is 0 Å². The van der Waals surface area contributed by atoms with Gasteiger partial charge in [0.15, 0.2) is 0 Å². The third kappa shape index (κ3) is 4.87. The largest absolute Gasteiger partial charge is 0.310 e. The zero-order valence-corrected chi connectivity index (χ0v) is 35.6. The zero-order chi connectivity index (χ0) is 41.9. The predicted octanol–water partition coefficient (Wildman–Crippen LogP) is 16.5. The molecule has 14 rings (SSSR count). The van der Waals surface area contributed by atoms with Gasteiger partial charge in [-0.05, 0) is 110 Å². The molecule has 0 atom stereocenters. The van der Waals surface area contributed by atoms with E-state index in [1.54, 1.807) is 0 Å². The smallest absolute Gasteiger partial charge is 0.0736 e. The van der Waals surface area contributed by atoms with Crippen molar-refractivity contribution >= 4 is 82.9 Å². The molecule has 0 N–H and O–H groups in total. The summed E-state index contributed by atoms with van der Waals surface area (Å²) < 4.78 is 2.48. The summed E-state index contributed by atoms with van der Waals surface area (Å²) in [6.07, 6.45) is 0. The molecule has 298 valence electrons. The zero-order valence-electron chi connectivity index (χ0n) is 34.7. The average molecular weight is 831 g/mol. The number of benzene rings is 11. The molecule has 2 heterocycles. The summed E-state index contributed by atoms with van der Waals surface area (Å²) in [7, 11) is 0. The molecule has 1 aliphatic carbocycles. The second-order valence-corrected chi connectivity index (χ2v) is 18.3. The number of aromatic nitrogens is 1. The molecule has 0 amide bonds. The van der Waals surface area contributed by atoms with Gasteiger partial charge in [0.05, 0.1) is 27.8 Å². The van der Waals surface area contributed by atoms with E-state index >= 15 is 0 Å². The molecule has 1 spiro atoms. The number of nitrogens with zero attached hydrogens (tertiary/aromatic N) is 2. The van der Waals surface area contributed by atoms with Gasteiger partial charge in [-0.15, -0.1) is 0 Å².